The van der Waals surface area contributed by atoms with Crippen molar-refractivity contribution in [2.45, 2.75) is 32.6 Å². The Morgan fingerprint density at radius 1 is 1.17 bits per heavy atom. The number of esters is 1. The monoisotopic (exact) mass is 311 g/mol. The van der Waals surface area contributed by atoms with E-state index in [2.05, 4.69) is 6.92 Å². The fraction of sp³-hybridized carbons (Fsp3) is 0.263. The van der Waals surface area contributed by atoms with E-state index in [1.165, 1.54) is 30.5 Å². The Hall–Kier alpha value is -2.67. The van der Waals surface area contributed by atoms with E-state index in [1.54, 1.807) is 18.2 Å². The molecule has 23 heavy (non-hydrogen) atoms. The molecule has 0 atom stereocenters. The standard InChI is InChI=1S/C19H18FNO2/c1-2-3-4-5-14-6-10-17(11-7-14)23-19(22)15-8-9-16(13-21)18(20)12-15/h6-12H,2-5H2,1H3. The third kappa shape index (κ3) is 4.65. The molecule has 0 aliphatic heterocycles. The SMILES string of the molecule is CCCCCc1ccc(OC(=O)c2ccc(C#N)c(F)c2)cc1. The van der Waals surface area contributed by atoms with Crippen LogP contribution in [0.5, 0.6) is 5.75 Å². The second-order valence-corrected chi connectivity index (χ2v) is 5.30. The molecule has 3 nitrogen and oxygen atoms in total. The summed E-state index contributed by atoms with van der Waals surface area (Å²) in [5, 5.41) is 8.68. The minimum Gasteiger partial charge on any atom is -0.423 e. The Morgan fingerprint density at radius 3 is 2.52 bits per heavy atom. The highest BCUT2D eigenvalue weighted by atomic mass is 19.1. The Bertz CT molecular complexity index is 717. The van der Waals surface area contributed by atoms with Crippen molar-refractivity contribution < 1.29 is 13.9 Å². The Labute approximate surface area is 135 Å². The van der Waals surface area contributed by atoms with Gasteiger partial charge in [0.15, 0.2) is 0 Å². The summed E-state index contributed by atoms with van der Waals surface area (Å²) in [5.41, 5.74) is 1.18. The van der Waals surface area contributed by atoms with Crippen molar-refractivity contribution in [3.8, 4) is 11.8 Å². The zero-order valence-electron chi connectivity index (χ0n) is 13.0. The number of aryl methyl sites for hydroxylation is 1. The average molecular weight is 311 g/mol. The van der Waals surface area contributed by atoms with E-state index in [1.807, 2.05) is 12.1 Å². The van der Waals surface area contributed by atoms with Crippen molar-refractivity contribution in [1.29, 1.82) is 5.26 Å². The summed E-state index contributed by atoms with van der Waals surface area (Å²) >= 11 is 0. The van der Waals surface area contributed by atoms with Crippen molar-refractivity contribution in [3.05, 3.63) is 65.0 Å². The van der Waals surface area contributed by atoms with Crippen LogP contribution >= 0.6 is 0 Å². The summed E-state index contributed by atoms with van der Waals surface area (Å²) < 4.78 is 18.7. The third-order valence-electron chi connectivity index (χ3n) is 3.53. The molecule has 0 amide bonds. The lowest BCUT2D eigenvalue weighted by molar-refractivity contribution is 0.0734. The maximum Gasteiger partial charge on any atom is 0.343 e. The van der Waals surface area contributed by atoms with Gasteiger partial charge in [-0.15, -0.1) is 0 Å². The van der Waals surface area contributed by atoms with Crippen LogP contribution in [0.3, 0.4) is 0 Å². The molecule has 0 fully saturated rings. The van der Waals surface area contributed by atoms with Crippen LogP contribution < -0.4 is 4.74 Å². The van der Waals surface area contributed by atoms with Crippen molar-refractivity contribution in [2.75, 3.05) is 0 Å². The summed E-state index contributed by atoms with van der Waals surface area (Å²) in [6.45, 7) is 2.16. The molecule has 0 bridgehead atoms. The smallest absolute Gasteiger partial charge is 0.343 e. The van der Waals surface area contributed by atoms with Gasteiger partial charge in [-0.2, -0.15) is 5.26 Å². The van der Waals surface area contributed by atoms with Crippen LogP contribution in [0.2, 0.25) is 0 Å². The third-order valence-corrected chi connectivity index (χ3v) is 3.53. The number of hydrogen-bond donors (Lipinski definition) is 0. The molecule has 0 radical (unpaired) electrons. The summed E-state index contributed by atoms with van der Waals surface area (Å²) in [6.07, 6.45) is 4.51. The molecule has 0 aliphatic carbocycles. The van der Waals surface area contributed by atoms with Crippen LogP contribution in [-0.4, -0.2) is 5.97 Å². The molecule has 2 aromatic carbocycles. The molecule has 0 aliphatic rings. The number of unbranched alkanes of at least 4 members (excludes halogenated alkanes) is 2. The van der Waals surface area contributed by atoms with Crippen molar-refractivity contribution in [1.82, 2.24) is 0 Å². The van der Waals surface area contributed by atoms with Gasteiger partial charge >= 0.3 is 5.97 Å². The van der Waals surface area contributed by atoms with Crippen LogP contribution in [0.15, 0.2) is 42.5 Å². The number of nitriles is 1. The molecule has 0 heterocycles. The highest BCUT2D eigenvalue weighted by Gasteiger charge is 2.12. The zero-order valence-corrected chi connectivity index (χ0v) is 13.0. The molecular formula is C19H18FNO2. The van der Waals surface area contributed by atoms with Gasteiger partial charge < -0.3 is 4.74 Å². The molecule has 4 heteroatoms. The number of ether oxygens (including phenoxy) is 1. The highest BCUT2D eigenvalue weighted by molar-refractivity contribution is 5.91. The van der Waals surface area contributed by atoms with Crippen molar-refractivity contribution in [2.24, 2.45) is 0 Å². The Morgan fingerprint density at radius 2 is 1.91 bits per heavy atom. The van der Waals surface area contributed by atoms with E-state index in [-0.39, 0.29) is 11.1 Å². The lowest BCUT2D eigenvalue weighted by Crippen LogP contribution is -2.09. The van der Waals surface area contributed by atoms with Gasteiger partial charge in [0.05, 0.1) is 11.1 Å². The van der Waals surface area contributed by atoms with Crippen molar-refractivity contribution >= 4 is 5.97 Å². The molecule has 0 saturated carbocycles. The fourth-order valence-electron chi connectivity index (χ4n) is 2.20. The molecule has 118 valence electrons. The van der Waals surface area contributed by atoms with Crippen molar-refractivity contribution in [3.63, 3.8) is 0 Å². The van der Waals surface area contributed by atoms with E-state index in [0.29, 0.717) is 5.75 Å². The average Bonchev–Trinajstić information content (AvgIpc) is 2.56. The summed E-state index contributed by atoms with van der Waals surface area (Å²) in [5.74, 6) is -0.959. The van der Waals surface area contributed by atoms with Gasteiger partial charge in [-0.1, -0.05) is 31.9 Å². The predicted octanol–water partition coefficient (Wildman–Crippen LogP) is 4.65. The largest absolute Gasteiger partial charge is 0.423 e. The molecule has 0 saturated heterocycles. The summed E-state index contributed by atoms with van der Waals surface area (Å²) in [6, 6.07) is 12.7. The second kappa shape index (κ2) is 8.09. The molecule has 2 aromatic rings. The minimum atomic E-state index is -0.728. The van der Waals surface area contributed by atoms with Gasteiger partial charge in [0.1, 0.15) is 17.6 Å². The quantitative estimate of drug-likeness (QED) is 0.443. The predicted molar refractivity (Wildman–Crippen MR) is 85.7 cm³/mol. The van der Waals surface area contributed by atoms with Crippen LogP contribution in [0.4, 0.5) is 4.39 Å². The Balaban J connectivity index is 2.00. The highest BCUT2D eigenvalue weighted by Crippen LogP contribution is 2.17. The number of carbonyl (C=O) groups is 1. The molecule has 0 aromatic heterocycles. The number of rotatable bonds is 6. The molecule has 0 spiro atoms. The summed E-state index contributed by atoms with van der Waals surface area (Å²) in [4.78, 5) is 12.0. The van der Waals surface area contributed by atoms with Gasteiger partial charge in [-0.25, -0.2) is 9.18 Å². The van der Waals surface area contributed by atoms with Gasteiger partial charge in [0.25, 0.3) is 0 Å². The van der Waals surface area contributed by atoms with Gasteiger partial charge in [-0.3, -0.25) is 0 Å². The molecule has 2 rings (SSSR count). The van der Waals surface area contributed by atoms with E-state index in [0.717, 1.165) is 18.9 Å². The van der Waals surface area contributed by atoms with Crippen LogP contribution in [0, 0.1) is 17.1 Å². The summed E-state index contributed by atoms with van der Waals surface area (Å²) in [7, 11) is 0. The topological polar surface area (TPSA) is 50.1 Å². The maximum absolute atomic E-state index is 13.5. The van der Waals surface area contributed by atoms with E-state index < -0.39 is 11.8 Å². The number of halogens is 1. The molecule has 0 unspecified atom stereocenters. The maximum atomic E-state index is 13.5. The first-order valence-corrected chi connectivity index (χ1v) is 7.65. The van der Waals surface area contributed by atoms with E-state index in [9.17, 15) is 9.18 Å². The van der Waals surface area contributed by atoms with Crippen LogP contribution in [-0.2, 0) is 6.42 Å². The first-order chi connectivity index (χ1) is 11.1. The zero-order chi connectivity index (χ0) is 16.7. The minimum absolute atomic E-state index is 0.0773. The van der Waals surface area contributed by atoms with E-state index in [4.69, 9.17) is 10.00 Å². The van der Waals surface area contributed by atoms with E-state index >= 15 is 0 Å². The molecular weight excluding hydrogens is 293 g/mol. The van der Waals surface area contributed by atoms with Gasteiger partial charge in [0.2, 0.25) is 0 Å². The fourth-order valence-corrected chi connectivity index (χ4v) is 2.20. The normalized spacial score (nSPS) is 10.1. The van der Waals surface area contributed by atoms with Gasteiger partial charge in [-0.05, 0) is 48.7 Å². The van der Waals surface area contributed by atoms with Gasteiger partial charge in [0, 0.05) is 0 Å². The number of hydrogen-bond acceptors (Lipinski definition) is 3. The molecule has 0 N–H and O–H groups in total. The first kappa shape index (κ1) is 16.7. The second-order valence-electron chi connectivity index (χ2n) is 5.30. The lowest BCUT2D eigenvalue weighted by Gasteiger charge is -2.06. The Kier molecular flexibility index (Phi) is 5.87. The lowest BCUT2D eigenvalue weighted by atomic mass is 10.1. The van der Waals surface area contributed by atoms with Crippen LogP contribution in [0.1, 0.15) is 47.7 Å². The number of benzene rings is 2. The number of carbonyl (C=O) groups excluding carboxylic acids is 1. The number of nitrogens with zero attached hydrogens (tertiary/aromatic N) is 1. The van der Waals surface area contributed by atoms with Crippen LogP contribution in [0.25, 0.3) is 0 Å². The first-order valence-electron chi connectivity index (χ1n) is 7.65.